The Morgan fingerprint density at radius 2 is 2.12 bits per heavy atom. The molecule has 1 saturated heterocycles. The van der Waals surface area contributed by atoms with Crippen LogP contribution in [0.3, 0.4) is 0 Å². The molecule has 2 aromatic heterocycles. The van der Waals surface area contributed by atoms with Crippen molar-refractivity contribution in [1.82, 2.24) is 24.1 Å². The molecule has 0 unspecified atom stereocenters. The maximum absolute atomic E-state index is 11.8. The first-order valence-electron chi connectivity index (χ1n) is 8.64. The summed E-state index contributed by atoms with van der Waals surface area (Å²) in [4.78, 5) is 9.25. The molecule has 2 aromatic rings. The van der Waals surface area contributed by atoms with E-state index in [0.29, 0.717) is 19.6 Å². The van der Waals surface area contributed by atoms with E-state index in [0.717, 1.165) is 35.5 Å². The summed E-state index contributed by atoms with van der Waals surface area (Å²) in [5.41, 5.74) is 0.808. The van der Waals surface area contributed by atoms with Crippen molar-refractivity contribution in [2.24, 2.45) is 13.0 Å². The molecule has 1 aliphatic rings. The molecule has 0 saturated carbocycles. The van der Waals surface area contributed by atoms with E-state index in [-0.39, 0.29) is 11.8 Å². The second-order valence-electron chi connectivity index (χ2n) is 7.10. The van der Waals surface area contributed by atoms with Gasteiger partial charge in [-0.05, 0) is 18.8 Å². The Balaban J connectivity index is 1.79. The van der Waals surface area contributed by atoms with Gasteiger partial charge in [-0.1, -0.05) is 13.8 Å². The zero-order valence-corrected chi connectivity index (χ0v) is 16.0. The van der Waals surface area contributed by atoms with E-state index in [2.05, 4.69) is 34.2 Å². The smallest absolute Gasteiger partial charge is 0.211 e. The molecule has 1 fully saturated rings. The fraction of sp³-hybridized carbons (Fsp3) is 0.688. The fourth-order valence-electron chi connectivity index (χ4n) is 3.17. The van der Waals surface area contributed by atoms with Gasteiger partial charge in [0, 0.05) is 32.6 Å². The number of nitrogens with zero attached hydrogens (tertiary/aromatic N) is 5. The average Bonchev–Trinajstić information content (AvgIpc) is 2.93. The van der Waals surface area contributed by atoms with Crippen LogP contribution in [0.25, 0.3) is 11.0 Å². The SMILES string of the molecule is CC(C)c1nc(NC[C@H]2CCCN(S(C)(=O)=O)C2)c2cnn(C)c2n1. The van der Waals surface area contributed by atoms with Crippen LogP contribution in [0.5, 0.6) is 0 Å². The van der Waals surface area contributed by atoms with Crippen molar-refractivity contribution in [2.75, 3.05) is 31.2 Å². The number of anilines is 1. The van der Waals surface area contributed by atoms with Gasteiger partial charge >= 0.3 is 0 Å². The summed E-state index contributed by atoms with van der Waals surface area (Å²) >= 11 is 0. The van der Waals surface area contributed by atoms with E-state index in [1.807, 2.05) is 7.05 Å². The van der Waals surface area contributed by atoms with E-state index in [9.17, 15) is 8.42 Å². The molecule has 138 valence electrons. The molecule has 0 aliphatic carbocycles. The first-order valence-corrected chi connectivity index (χ1v) is 10.5. The lowest BCUT2D eigenvalue weighted by atomic mass is 10.00. The Kier molecular flexibility index (Phi) is 4.97. The molecule has 9 heteroatoms. The van der Waals surface area contributed by atoms with E-state index < -0.39 is 10.0 Å². The minimum Gasteiger partial charge on any atom is -0.369 e. The molecule has 0 bridgehead atoms. The summed E-state index contributed by atoms with van der Waals surface area (Å²) in [7, 11) is -1.26. The molecule has 1 aliphatic heterocycles. The van der Waals surface area contributed by atoms with Crippen molar-refractivity contribution in [3.8, 4) is 0 Å². The Hall–Kier alpha value is -1.74. The maximum Gasteiger partial charge on any atom is 0.211 e. The van der Waals surface area contributed by atoms with Crippen molar-refractivity contribution in [3.05, 3.63) is 12.0 Å². The Morgan fingerprint density at radius 1 is 1.36 bits per heavy atom. The van der Waals surface area contributed by atoms with Gasteiger partial charge in [-0.2, -0.15) is 5.10 Å². The second kappa shape index (κ2) is 6.87. The van der Waals surface area contributed by atoms with Gasteiger partial charge < -0.3 is 5.32 Å². The van der Waals surface area contributed by atoms with E-state index >= 15 is 0 Å². The number of aromatic nitrogens is 4. The van der Waals surface area contributed by atoms with Gasteiger partial charge in [0.2, 0.25) is 10.0 Å². The van der Waals surface area contributed by atoms with Crippen molar-refractivity contribution < 1.29 is 8.42 Å². The number of fused-ring (bicyclic) bond motifs is 1. The van der Waals surface area contributed by atoms with Gasteiger partial charge in [-0.25, -0.2) is 22.7 Å². The highest BCUT2D eigenvalue weighted by atomic mass is 32.2. The van der Waals surface area contributed by atoms with Crippen molar-refractivity contribution in [3.63, 3.8) is 0 Å². The molecule has 25 heavy (non-hydrogen) atoms. The van der Waals surface area contributed by atoms with Gasteiger partial charge in [0.15, 0.2) is 5.65 Å². The van der Waals surface area contributed by atoms with Gasteiger partial charge in [0.05, 0.1) is 17.8 Å². The molecule has 3 heterocycles. The van der Waals surface area contributed by atoms with Crippen LogP contribution in [0.1, 0.15) is 38.4 Å². The molecular weight excluding hydrogens is 340 g/mol. The summed E-state index contributed by atoms with van der Waals surface area (Å²) in [6, 6.07) is 0. The highest BCUT2D eigenvalue weighted by Gasteiger charge is 2.26. The highest BCUT2D eigenvalue weighted by Crippen LogP contribution is 2.24. The number of piperidine rings is 1. The van der Waals surface area contributed by atoms with Gasteiger partial charge in [0.25, 0.3) is 0 Å². The molecule has 0 spiro atoms. The number of rotatable bonds is 5. The predicted molar refractivity (Wildman–Crippen MR) is 98.0 cm³/mol. The van der Waals surface area contributed by atoms with Crippen molar-refractivity contribution >= 4 is 26.9 Å². The fourth-order valence-corrected chi connectivity index (χ4v) is 4.11. The Bertz CT molecular complexity index is 861. The highest BCUT2D eigenvalue weighted by molar-refractivity contribution is 7.88. The predicted octanol–water partition coefficient (Wildman–Crippen LogP) is 1.57. The third kappa shape index (κ3) is 3.92. The monoisotopic (exact) mass is 366 g/mol. The van der Waals surface area contributed by atoms with Gasteiger partial charge in [0.1, 0.15) is 11.6 Å². The number of hydrogen-bond donors (Lipinski definition) is 1. The van der Waals surface area contributed by atoms with Crippen LogP contribution in [0.2, 0.25) is 0 Å². The molecule has 1 N–H and O–H groups in total. The van der Waals surface area contributed by atoms with Crippen LogP contribution in [-0.2, 0) is 17.1 Å². The number of hydrogen-bond acceptors (Lipinski definition) is 6. The van der Waals surface area contributed by atoms with Crippen LogP contribution >= 0.6 is 0 Å². The van der Waals surface area contributed by atoms with E-state index in [1.54, 1.807) is 15.2 Å². The first-order chi connectivity index (χ1) is 11.8. The number of sulfonamides is 1. The zero-order valence-electron chi connectivity index (χ0n) is 15.2. The van der Waals surface area contributed by atoms with E-state index in [4.69, 9.17) is 0 Å². The summed E-state index contributed by atoms with van der Waals surface area (Å²) in [5.74, 6) is 2.04. The minimum absolute atomic E-state index is 0.218. The van der Waals surface area contributed by atoms with E-state index in [1.165, 1.54) is 6.26 Å². The van der Waals surface area contributed by atoms with Gasteiger partial charge in [-0.3, -0.25) is 4.68 Å². The van der Waals surface area contributed by atoms with Crippen LogP contribution in [0, 0.1) is 5.92 Å². The minimum atomic E-state index is -3.12. The van der Waals surface area contributed by atoms with Crippen LogP contribution < -0.4 is 5.32 Å². The van der Waals surface area contributed by atoms with Crippen molar-refractivity contribution in [1.29, 1.82) is 0 Å². The summed E-state index contributed by atoms with van der Waals surface area (Å²) < 4.78 is 26.9. The summed E-state index contributed by atoms with van der Waals surface area (Å²) in [6.07, 6.45) is 4.95. The molecule has 3 rings (SSSR count). The lowest BCUT2D eigenvalue weighted by molar-refractivity contribution is 0.276. The standard InChI is InChI=1S/C16H26N6O2S/c1-11(2)14-19-15(13-9-18-21(3)16(13)20-14)17-8-12-6-5-7-22(10-12)25(4,23)24/h9,11-12H,5-8,10H2,1-4H3,(H,17,19,20)/t12-/m1/s1. The zero-order chi connectivity index (χ0) is 18.2. The van der Waals surface area contributed by atoms with Crippen LogP contribution in [0.15, 0.2) is 6.20 Å². The molecule has 0 amide bonds. The second-order valence-corrected chi connectivity index (χ2v) is 9.08. The lowest BCUT2D eigenvalue weighted by Crippen LogP contribution is -2.41. The topological polar surface area (TPSA) is 93.0 Å². The van der Waals surface area contributed by atoms with Crippen LogP contribution in [-0.4, -0.2) is 58.4 Å². The molecule has 0 aromatic carbocycles. The van der Waals surface area contributed by atoms with Crippen molar-refractivity contribution in [2.45, 2.75) is 32.6 Å². The Labute approximate surface area is 148 Å². The molecule has 8 nitrogen and oxygen atoms in total. The number of nitrogens with one attached hydrogen (secondary N) is 1. The summed E-state index contributed by atoms with van der Waals surface area (Å²) in [5, 5.41) is 8.59. The average molecular weight is 366 g/mol. The van der Waals surface area contributed by atoms with Gasteiger partial charge in [-0.15, -0.1) is 0 Å². The third-order valence-electron chi connectivity index (χ3n) is 4.63. The molecule has 1 atom stereocenters. The first kappa shape index (κ1) is 18.1. The summed E-state index contributed by atoms with van der Waals surface area (Å²) in [6.45, 7) is 5.99. The Morgan fingerprint density at radius 3 is 2.80 bits per heavy atom. The molecular formula is C16H26N6O2S. The molecule has 0 radical (unpaired) electrons. The lowest BCUT2D eigenvalue weighted by Gasteiger charge is -2.31. The maximum atomic E-state index is 11.8. The quantitative estimate of drug-likeness (QED) is 0.863. The van der Waals surface area contributed by atoms with Crippen LogP contribution in [0.4, 0.5) is 5.82 Å². The number of aryl methyl sites for hydroxylation is 1. The normalized spacial score (nSPS) is 19.6. The third-order valence-corrected chi connectivity index (χ3v) is 5.90. The largest absolute Gasteiger partial charge is 0.369 e.